The number of rotatable bonds is 2. The fraction of sp³-hybridized carbons (Fsp3) is 0.429. The van der Waals surface area contributed by atoms with Gasteiger partial charge in [0, 0.05) is 11.1 Å². The molecule has 60 valence electrons. The summed E-state index contributed by atoms with van der Waals surface area (Å²) in [5.74, 6) is -0.576. The van der Waals surface area contributed by atoms with Gasteiger partial charge in [-0.1, -0.05) is 0 Å². The Hall–Kier alpha value is -0.900. The molecule has 0 bridgehead atoms. The Morgan fingerprint density at radius 1 is 1.82 bits per heavy atom. The van der Waals surface area contributed by atoms with Gasteiger partial charge in [-0.15, -0.1) is 11.3 Å². The normalized spacial score (nSPS) is 12.9. The molecule has 0 aliphatic heterocycles. The number of hydrogen-bond acceptors (Lipinski definition) is 3. The van der Waals surface area contributed by atoms with Crippen LogP contribution in [0.15, 0.2) is 6.20 Å². The molecule has 1 aromatic heterocycles. The van der Waals surface area contributed by atoms with Gasteiger partial charge >= 0.3 is 0 Å². The Balaban J connectivity index is 2.84. The Kier molecular flexibility index (Phi) is 2.24. The van der Waals surface area contributed by atoms with Crippen LogP contribution in [0.5, 0.6) is 0 Å². The molecule has 3 nitrogen and oxygen atoms in total. The van der Waals surface area contributed by atoms with E-state index in [-0.39, 0.29) is 11.8 Å². The average molecular weight is 170 g/mol. The molecule has 0 saturated carbocycles. The zero-order chi connectivity index (χ0) is 8.43. The molecule has 4 heteroatoms. The molecule has 0 aliphatic rings. The Morgan fingerprint density at radius 2 is 2.45 bits per heavy atom. The summed E-state index contributed by atoms with van der Waals surface area (Å²) >= 11 is 1.51. The number of primary amides is 1. The second-order valence-corrected chi connectivity index (χ2v) is 3.70. The van der Waals surface area contributed by atoms with Gasteiger partial charge in [0.2, 0.25) is 5.91 Å². The van der Waals surface area contributed by atoms with Crippen molar-refractivity contribution < 1.29 is 4.79 Å². The number of thiazole rings is 1. The molecule has 1 atom stereocenters. The first-order valence-electron chi connectivity index (χ1n) is 3.33. The van der Waals surface area contributed by atoms with Crippen LogP contribution in [0.25, 0.3) is 0 Å². The summed E-state index contributed by atoms with van der Waals surface area (Å²) in [7, 11) is 0. The van der Waals surface area contributed by atoms with Crippen molar-refractivity contribution in [2.75, 3.05) is 0 Å². The lowest BCUT2D eigenvalue weighted by atomic mass is 10.2. The van der Waals surface area contributed by atoms with Crippen LogP contribution in [0.2, 0.25) is 0 Å². The number of aromatic nitrogens is 1. The van der Waals surface area contributed by atoms with Crippen molar-refractivity contribution in [3.05, 3.63) is 16.1 Å². The number of carbonyl (C=O) groups excluding carboxylic acids is 1. The first kappa shape index (κ1) is 8.20. The molecule has 1 aromatic rings. The van der Waals surface area contributed by atoms with E-state index in [0.29, 0.717) is 0 Å². The van der Waals surface area contributed by atoms with Crippen molar-refractivity contribution in [2.45, 2.75) is 19.8 Å². The first-order valence-corrected chi connectivity index (χ1v) is 4.14. The lowest BCUT2D eigenvalue weighted by Crippen LogP contribution is -2.18. The van der Waals surface area contributed by atoms with Crippen LogP contribution in [-0.2, 0) is 4.79 Å². The van der Waals surface area contributed by atoms with Crippen LogP contribution in [0.1, 0.15) is 22.7 Å². The van der Waals surface area contributed by atoms with Crippen molar-refractivity contribution in [3.63, 3.8) is 0 Å². The second-order valence-electron chi connectivity index (χ2n) is 2.43. The van der Waals surface area contributed by atoms with E-state index in [1.807, 2.05) is 6.92 Å². The fourth-order valence-electron chi connectivity index (χ4n) is 0.694. The van der Waals surface area contributed by atoms with Crippen molar-refractivity contribution in [1.82, 2.24) is 4.98 Å². The fourth-order valence-corrected chi connectivity index (χ4v) is 1.53. The van der Waals surface area contributed by atoms with E-state index in [1.165, 1.54) is 11.3 Å². The predicted octanol–water partition coefficient (Wildman–Crippen LogP) is 1.04. The minimum absolute atomic E-state index is 0.256. The Labute approximate surface area is 69.3 Å². The van der Waals surface area contributed by atoms with E-state index in [2.05, 4.69) is 4.98 Å². The lowest BCUT2D eigenvalue weighted by molar-refractivity contribution is -0.119. The number of nitrogens with two attached hydrogens (primary N) is 1. The van der Waals surface area contributed by atoms with Crippen LogP contribution in [0, 0.1) is 6.92 Å². The molecule has 0 spiro atoms. The smallest absolute Gasteiger partial charge is 0.227 e. The molecular formula is C7H10N2OS. The molecule has 1 heterocycles. The van der Waals surface area contributed by atoms with Gasteiger partial charge < -0.3 is 5.73 Å². The van der Waals surface area contributed by atoms with Crippen LogP contribution in [0.3, 0.4) is 0 Å². The maximum atomic E-state index is 10.7. The molecule has 0 aliphatic carbocycles. The molecule has 0 saturated heterocycles. The van der Waals surface area contributed by atoms with E-state index in [9.17, 15) is 4.79 Å². The van der Waals surface area contributed by atoms with Crippen LogP contribution >= 0.6 is 11.3 Å². The van der Waals surface area contributed by atoms with E-state index >= 15 is 0 Å². The van der Waals surface area contributed by atoms with E-state index in [4.69, 9.17) is 5.73 Å². The third-order valence-electron chi connectivity index (χ3n) is 1.44. The summed E-state index contributed by atoms with van der Waals surface area (Å²) < 4.78 is 0. The third kappa shape index (κ3) is 1.77. The SMILES string of the molecule is Cc1cnc(C(C)C(N)=O)s1. The number of aryl methyl sites for hydroxylation is 1. The van der Waals surface area contributed by atoms with Gasteiger partial charge in [-0.3, -0.25) is 4.79 Å². The molecule has 11 heavy (non-hydrogen) atoms. The van der Waals surface area contributed by atoms with Crippen LogP contribution in [-0.4, -0.2) is 10.9 Å². The summed E-state index contributed by atoms with van der Waals surface area (Å²) in [5, 5.41) is 0.801. The Morgan fingerprint density at radius 3 is 2.82 bits per heavy atom. The number of carbonyl (C=O) groups is 1. The highest BCUT2D eigenvalue weighted by atomic mass is 32.1. The van der Waals surface area contributed by atoms with Crippen LogP contribution in [0.4, 0.5) is 0 Å². The molecule has 0 radical (unpaired) electrons. The topological polar surface area (TPSA) is 56.0 Å². The molecule has 1 rings (SSSR count). The maximum Gasteiger partial charge on any atom is 0.227 e. The molecule has 1 amide bonds. The van der Waals surface area contributed by atoms with Gasteiger partial charge in [0.15, 0.2) is 0 Å². The van der Waals surface area contributed by atoms with Crippen molar-refractivity contribution >= 4 is 17.2 Å². The van der Waals surface area contributed by atoms with Gasteiger partial charge in [0.05, 0.1) is 5.92 Å². The van der Waals surface area contributed by atoms with Crippen molar-refractivity contribution in [2.24, 2.45) is 5.73 Å². The molecule has 2 N–H and O–H groups in total. The quantitative estimate of drug-likeness (QED) is 0.721. The van der Waals surface area contributed by atoms with Gasteiger partial charge in [0.25, 0.3) is 0 Å². The van der Waals surface area contributed by atoms with Gasteiger partial charge in [-0.2, -0.15) is 0 Å². The Bertz CT molecular complexity index is 269. The summed E-state index contributed by atoms with van der Waals surface area (Å²) in [5.41, 5.74) is 5.10. The number of hydrogen-bond donors (Lipinski definition) is 1. The highest BCUT2D eigenvalue weighted by molar-refractivity contribution is 7.11. The van der Waals surface area contributed by atoms with Crippen molar-refractivity contribution in [1.29, 1.82) is 0 Å². The standard InChI is InChI=1S/C7H10N2OS/c1-4-3-9-7(11-4)5(2)6(8)10/h3,5H,1-2H3,(H2,8,10). The lowest BCUT2D eigenvalue weighted by Gasteiger charge is -1.99. The summed E-state index contributed by atoms with van der Waals surface area (Å²) in [4.78, 5) is 15.9. The van der Waals surface area contributed by atoms with Crippen LogP contribution < -0.4 is 5.73 Å². The summed E-state index contributed by atoms with van der Waals surface area (Å²) in [6.45, 7) is 3.72. The molecule has 1 unspecified atom stereocenters. The van der Waals surface area contributed by atoms with E-state index in [0.717, 1.165) is 9.88 Å². The zero-order valence-electron chi connectivity index (χ0n) is 6.50. The second kappa shape index (κ2) is 3.00. The molecule has 0 aromatic carbocycles. The largest absolute Gasteiger partial charge is 0.369 e. The average Bonchev–Trinajstić information content (AvgIpc) is 2.34. The van der Waals surface area contributed by atoms with E-state index < -0.39 is 0 Å². The summed E-state index contributed by atoms with van der Waals surface area (Å²) in [6.07, 6.45) is 1.75. The van der Waals surface area contributed by atoms with Crippen molar-refractivity contribution in [3.8, 4) is 0 Å². The van der Waals surface area contributed by atoms with Gasteiger partial charge in [-0.05, 0) is 13.8 Å². The summed E-state index contributed by atoms with van der Waals surface area (Å²) in [6, 6.07) is 0. The maximum absolute atomic E-state index is 10.7. The minimum Gasteiger partial charge on any atom is -0.369 e. The highest BCUT2D eigenvalue weighted by Crippen LogP contribution is 2.20. The number of amides is 1. The van der Waals surface area contributed by atoms with Gasteiger partial charge in [-0.25, -0.2) is 4.98 Å². The van der Waals surface area contributed by atoms with E-state index in [1.54, 1.807) is 13.1 Å². The monoisotopic (exact) mass is 170 g/mol. The highest BCUT2D eigenvalue weighted by Gasteiger charge is 2.14. The predicted molar refractivity (Wildman–Crippen MR) is 44.5 cm³/mol. The zero-order valence-corrected chi connectivity index (χ0v) is 7.31. The third-order valence-corrected chi connectivity index (χ3v) is 2.53. The molecular weight excluding hydrogens is 160 g/mol. The van der Waals surface area contributed by atoms with Gasteiger partial charge in [0.1, 0.15) is 5.01 Å². The minimum atomic E-state index is -0.320. The first-order chi connectivity index (χ1) is 5.11. The number of nitrogens with zero attached hydrogens (tertiary/aromatic N) is 1. The molecule has 0 fully saturated rings.